The Morgan fingerprint density at radius 3 is 3.00 bits per heavy atom. The van der Waals surface area contributed by atoms with Gasteiger partial charge in [0, 0.05) is 17.6 Å². The molecule has 0 aliphatic heterocycles. The fourth-order valence-electron chi connectivity index (χ4n) is 1.20. The Morgan fingerprint density at radius 1 is 1.42 bits per heavy atom. The van der Waals surface area contributed by atoms with Gasteiger partial charge in [-0.3, -0.25) is 0 Å². The first-order chi connectivity index (χ1) is 5.77. The molecule has 0 saturated heterocycles. The van der Waals surface area contributed by atoms with Crippen LogP contribution >= 0.6 is 0 Å². The van der Waals surface area contributed by atoms with Crippen molar-refractivity contribution >= 4 is 11.0 Å². The number of pyridine rings is 1. The van der Waals surface area contributed by atoms with E-state index in [0.29, 0.717) is 0 Å². The average Bonchev–Trinajstić information content (AvgIpc) is 2.49. The van der Waals surface area contributed by atoms with Crippen LogP contribution in [0.15, 0.2) is 24.4 Å². The third-order valence-corrected chi connectivity index (χ3v) is 1.90. The van der Waals surface area contributed by atoms with Crippen molar-refractivity contribution in [2.75, 3.05) is 0 Å². The Bertz CT molecular complexity index is 389. The standard InChI is InChI=1S/C9H11N3/c1-6(10)8-3-2-7-4-5-11-9(7)12-8/h2-6H,10H2,1H3,(H,11,12)/t6-/m0/s1. The molecule has 12 heavy (non-hydrogen) atoms. The summed E-state index contributed by atoms with van der Waals surface area (Å²) in [6, 6.07) is 5.98. The van der Waals surface area contributed by atoms with Gasteiger partial charge in [0.05, 0.1) is 5.69 Å². The first-order valence-electron chi connectivity index (χ1n) is 3.97. The summed E-state index contributed by atoms with van der Waals surface area (Å²) in [5.41, 5.74) is 7.53. The number of hydrogen-bond donors (Lipinski definition) is 2. The Balaban J connectivity index is 2.60. The molecule has 0 spiro atoms. The van der Waals surface area contributed by atoms with Gasteiger partial charge in [0.15, 0.2) is 0 Å². The molecule has 0 aliphatic carbocycles. The van der Waals surface area contributed by atoms with Crippen LogP contribution in [0.2, 0.25) is 0 Å². The maximum Gasteiger partial charge on any atom is 0.137 e. The second-order valence-electron chi connectivity index (χ2n) is 2.94. The van der Waals surface area contributed by atoms with E-state index in [-0.39, 0.29) is 6.04 Å². The zero-order valence-electron chi connectivity index (χ0n) is 6.91. The van der Waals surface area contributed by atoms with Gasteiger partial charge in [0.1, 0.15) is 5.65 Å². The van der Waals surface area contributed by atoms with E-state index in [2.05, 4.69) is 9.97 Å². The number of aromatic nitrogens is 2. The summed E-state index contributed by atoms with van der Waals surface area (Å²) in [6.45, 7) is 1.93. The highest BCUT2D eigenvalue weighted by Crippen LogP contribution is 2.13. The van der Waals surface area contributed by atoms with Crippen LogP contribution in [0.25, 0.3) is 11.0 Å². The molecule has 2 aromatic rings. The average molecular weight is 161 g/mol. The first kappa shape index (κ1) is 7.31. The number of H-pyrrole nitrogens is 1. The van der Waals surface area contributed by atoms with Crippen molar-refractivity contribution in [2.24, 2.45) is 5.73 Å². The molecule has 3 heteroatoms. The molecule has 0 fully saturated rings. The first-order valence-corrected chi connectivity index (χ1v) is 3.97. The van der Waals surface area contributed by atoms with Crippen molar-refractivity contribution in [1.82, 2.24) is 9.97 Å². The zero-order chi connectivity index (χ0) is 8.55. The van der Waals surface area contributed by atoms with Gasteiger partial charge in [-0.05, 0) is 25.1 Å². The summed E-state index contributed by atoms with van der Waals surface area (Å²) in [5, 5.41) is 1.12. The van der Waals surface area contributed by atoms with E-state index in [1.54, 1.807) is 0 Å². The Hall–Kier alpha value is -1.35. The van der Waals surface area contributed by atoms with Gasteiger partial charge < -0.3 is 10.7 Å². The van der Waals surface area contributed by atoms with Gasteiger partial charge in [-0.2, -0.15) is 0 Å². The number of nitrogens with zero attached hydrogens (tertiary/aromatic N) is 1. The summed E-state index contributed by atoms with van der Waals surface area (Å²) in [7, 11) is 0. The van der Waals surface area contributed by atoms with Gasteiger partial charge in [0.25, 0.3) is 0 Å². The van der Waals surface area contributed by atoms with Crippen molar-refractivity contribution in [2.45, 2.75) is 13.0 Å². The van der Waals surface area contributed by atoms with Crippen molar-refractivity contribution in [1.29, 1.82) is 0 Å². The number of rotatable bonds is 1. The van der Waals surface area contributed by atoms with Crippen LogP contribution in [-0.2, 0) is 0 Å². The van der Waals surface area contributed by atoms with Gasteiger partial charge in [-0.15, -0.1) is 0 Å². The SMILES string of the molecule is C[C@H](N)c1ccc2cc[nH]c2n1. The van der Waals surface area contributed by atoms with Crippen LogP contribution in [0, 0.1) is 0 Å². The molecular weight excluding hydrogens is 150 g/mol. The highest BCUT2D eigenvalue weighted by atomic mass is 14.9. The number of nitrogens with two attached hydrogens (primary N) is 1. The van der Waals surface area contributed by atoms with Gasteiger partial charge >= 0.3 is 0 Å². The largest absolute Gasteiger partial charge is 0.346 e. The maximum atomic E-state index is 5.70. The molecule has 0 saturated carbocycles. The van der Waals surface area contributed by atoms with Crippen LogP contribution in [0.1, 0.15) is 18.7 Å². The van der Waals surface area contributed by atoms with Crippen molar-refractivity contribution in [3.05, 3.63) is 30.1 Å². The van der Waals surface area contributed by atoms with Crippen LogP contribution < -0.4 is 5.73 Å². The predicted octanol–water partition coefficient (Wildman–Crippen LogP) is 1.58. The van der Waals surface area contributed by atoms with Crippen LogP contribution in [-0.4, -0.2) is 9.97 Å². The quantitative estimate of drug-likeness (QED) is 0.667. The summed E-state index contributed by atoms with van der Waals surface area (Å²) in [5.74, 6) is 0. The topological polar surface area (TPSA) is 54.7 Å². The van der Waals surface area contributed by atoms with Crippen molar-refractivity contribution in [3.63, 3.8) is 0 Å². The molecular formula is C9H11N3. The lowest BCUT2D eigenvalue weighted by Gasteiger charge is -2.02. The van der Waals surface area contributed by atoms with Crippen LogP contribution in [0.3, 0.4) is 0 Å². The molecule has 0 aromatic carbocycles. The molecule has 2 heterocycles. The minimum absolute atomic E-state index is 0.00213. The minimum atomic E-state index is -0.00213. The molecule has 2 rings (SSSR count). The molecule has 0 radical (unpaired) electrons. The van der Waals surface area contributed by atoms with Gasteiger partial charge in [-0.1, -0.05) is 0 Å². The molecule has 2 aromatic heterocycles. The Labute approximate surface area is 70.6 Å². The molecule has 1 atom stereocenters. The minimum Gasteiger partial charge on any atom is -0.346 e. The maximum absolute atomic E-state index is 5.70. The van der Waals surface area contributed by atoms with Crippen LogP contribution in [0.5, 0.6) is 0 Å². The van der Waals surface area contributed by atoms with Gasteiger partial charge in [0.2, 0.25) is 0 Å². The molecule has 0 amide bonds. The lowest BCUT2D eigenvalue weighted by atomic mass is 10.2. The smallest absolute Gasteiger partial charge is 0.137 e. The van der Waals surface area contributed by atoms with E-state index in [4.69, 9.17) is 5.73 Å². The van der Waals surface area contributed by atoms with E-state index < -0.39 is 0 Å². The fourth-order valence-corrected chi connectivity index (χ4v) is 1.20. The third kappa shape index (κ3) is 1.08. The number of hydrogen-bond acceptors (Lipinski definition) is 2. The van der Waals surface area contributed by atoms with Crippen LogP contribution in [0.4, 0.5) is 0 Å². The molecule has 0 aliphatic rings. The number of fused-ring (bicyclic) bond motifs is 1. The predicted molar refractivity (Wildman–Crippen MR) is 48.7 cm³/mol. The highest BCUT2D eigenvalue weighted by molar-refractivity contribution is 5.75. The number of aromatic amines is 1. The summed E-state index contributed by atoms with van der Waals surface area (Å²) >= 11 is 0. The van der Waals surface area contributed by atoms with E-state index in [9.17, 15) is 0 Å². The summed E-state index contributed by atoms with van der Waals surface area (Å²) in [6.07, 6.45) is 1.88. The number of nitrogens with one attached hydrogen (secondary N) is 1. The summed E-state index contributed by atoms with van der Waals surface area (Å²) < 4.78 is 0. The van der Waals surface area contributed by atoms with Gasteiger partial charge in [-0.25, -0.2) is 4.98 Å². The zero-order valence-corrected chi connectivity index (χ0v) is 6.91. The normalized spacial score (nSPS) is 13.5. The molecule has 0 unspecified atom stereocenters. The molecule has 3 N–H and O–H groups in total. The Morgan fingerprint density at radius 2 is 2.25 bits per heavy atom. The third-order valence-electron chi connectivity index (χ3n) is 1.90. The van der Waals surface area contributed by atoms with E-state index >= 15 is 0 Å². The second kappa shape index (κ2) is 2.60. The molecule has 3 nitrogen and oxygen atoms in total. The van der Waals surface area contributed by atoms with E-state index in [0.717, 1.165) is 16.7 Å². The fraction of sp³-hybridized carbons (Fsp3) is 0.222. The molecule has 0 bridgehead atoms. The Kier molecular flexibility index (Phi) is 1.59. The highest BCUT2D eigenvalue weighted by Gasteiger charge is 2.01. The second-order valence-corrected chi connectivity index (χ2v) is 2.94. The van der Waals surface area contributed by atoms with E-state index in [1.807, 2.05) is 31.3 Å². The van der Waals surface area contributed by atoms with Crippen molar-refractivity contribution < 1.29 is 0 Å². The molecule has 62 valence electrons. The van der Waals surface area contributed by atoms with Crippen molar-refractivity contribution in [3.8, 4) is 0 Å². The monoisotopic (exact) mass is 161 g/mol. The lowest BCUT2D eigenvalue weighted by molar-refractivity contribution is 0.786. The summed E-state index contributed by atoms with van der Waals surface area (Å²) in [4.78, 5) is 7.40. The lowest BCUT2D eigenvalue weighted by Crippen LogP contribution is -2.06. The van der Waals surface area contributed by atoms with E-state index in [1.165, 1.54) is 0 Å².